The van der Waals surface area contributed by atoms with Gasteiger partial charge in [0, 0.05) is 28.9 Å². The molecule has 0 spiro atoms. The number of hydrogen-bond acceptors (Lipinski definition) is 7. The fourth-order valence-electron chi connectivity index (χ4n) is 4.33. The summed E-state index contributed by atoms with van der Waals surface area (Å²) in [7, 11) is 0. The van der Waals surface area contributed by atoms with Crippen LogP contribution in [0, 0.1) is 0 Å². The van der Waals surface area contributed by atoms with Gasteiger partial charge in [-0.05, 0) is 36.8 Å². The summed E-state index contributed by atoms with van der Waals surface area (Å²) in [5.74, 6) is 0.660. The Labute approximate surface area is 206 Å². The number of H-pyrrole nitrogens is 2. The predicted molar refractivity (Wildman–Crippen MR) is 140 cm³/mol. The van der Waals surface area contributed by atoms with Gasteiger partial charge in [-0.15, -0.1) is 0 Å². The maximum atomic E-state index is 10.1. The van der Waals surface area contributed by atoms with Crippen LogP contribution in [0.3, 0.4) is 0 Å². The zero-order valence-electron chi connectivity index (χ0n) is 19.6. The van der Waals surface area contributed by atoms with E-state index in [1.807, 2.05) is 55.5 Å². The van der Waals surface area contributed by atoms with Crippen molar-refractivity contribution < 1.29 is 5.11 Å². The number of hydrogen-bond donors (Lipinski definition) is 4. The van der Waals surface area contributed by atoms with E-state index in [9.17, 15) is 5.11 Å². The molecule has 9 nitrogen and oxygen atoms in total. The lowest BCUT2D eigenvalue weighted by molar-refractivity contribution is 0.192. The first-order valence-electron chi connectivity index (χ1n) is 11.8. The number of aromatic nitrogens is 7. The van der Waals surface area contributed by atoms with Crippen LogP contribution in [0.2, 0.25) is 0 Å². The standard InChI is InChI=1S/C27H24N8O/c1-2-6-24(36)31-17-11-16(13-28-14-17)22-12-19-23(15-30-22)34-35-26(19)27-32-21-9-5-7-18(25(21)33-27)20-8-3-4-10-29-20/h3-5,7-15,24,31,36H,2,6H2,1H3,(H,32,33)(H,34,35). The molecule has 178 valence electrons. The van der Waals surface area contributed by atoms with Gasteiger partial charge < -0.3 is 15.4 Å². The molecule has 9 heteroatoms. The third-order valence-corrected chi connectivity index (χ3v) is 6.05. The van der Waals surface area contributed by atoms with Crippen LogP contribution in [-0.4, -0.2) is 46.5 Å². The molecule has 0 bridgehead atoms. The molecule has 0 saturated carbocycles. The van der Waals surface area contributed by atoms with Crippen molar-refractivity contribution in [2.24, 2.45) is 0 Å². The lowest BCUT2D eigenvalue weighted by atomic mass is 10.1. The predicted octanol–water partition coefficient (Wildman–Crippen LogP) is 5.16. The molecule has 0 aliphatic rings. The lowest BCUT2D eigenvalue weighted by Crippen LogP contribution is -2.18. The number of aliphatic hydroxyl groups excluding tert-OH is 1. The molecule has 1 atom stereocenters. The minimum absolute atomic E-state index is 0.618. The van der Waals surface area contributed by atoms with Crippen LogP contribution < -0.4 is 5.32 Å². The highest BCUT2D eigenvalue weighted by Gasteiger charge is 2.16. The van der Waals surface area contributed by atoms with Crippen LogP contribution in [0.15, 0.2) is 73.3 Å². The summed E-state index contributed by atoms with van der Waals surface area (Å²) in [4.78, 5) is 21.7. The Morgan fingerprint density at radius 3 is 2.78 bits per heavy atom. The Morgan fingerprint density at radius 1 is 0.972 bits per heavy atom. The summed E-state index contributed by atoms with van der Waals surface area (Å²) in [5, 5.41) is 21.7. The zero-order valence-corrected chi connectivity index (χ0v) is 19.6. The highest BCUT2D eigenvalue weighted by molar-refractivity contribution is 5.97. The number of aromatic amines is 2. The van der Waals surface area contributed by atoms with Crippen LogP contribution in [0.5, 0.6) is 0 Å². The maximum absolute atomic E-state index is 10.1. The Morgan fingerprint density at radius 2 is 1.92 bits per heavy atom. The molecule has 0 saturated heterocycles. The SMILES string of the molecule is CCCC(O)Nc1cncc(-c2cc3c(-c4nc5c(-c6ccccn6)cccc5[nH]4)n[nH]c3cn2)c1. The third-order valence-electron chi connectivity index (χ3n) is 6.05. The summed E-state index contributed by atoms with van der Waals surface area (Å²) in [6, 6.07) is 15.8. The number of nitrogens with zero attached hydrogens (tertiary/aromatic N) is 5. The van der Waals surface area contributed by atoms with E-state index in [1.54, 1.807) is 24.8 Å². The summed E-state index contributed by atoms with van der Waals surface area (Å²) in [5.41, 5.74) is 7.40. The number of fused-ring (bicyclic) bond motifs is 2. The average molecular weight is 477 g/mol. The number of aliphatic hydroxyl groups is 1. The molecule has 5 heterocycles. The first-order chi connectivity index (χ1) is 17.7. The lowest BCUT2D eigenvalue weighted by Gasteiger charge is -2.13. The van der Waals surface area contributed by atoms with Gasteiger partial charge in [-0.25, -0.2) is 4.98 Å². The molecule has 0 aliphatic carbocycles. The van der Waals surface area contributed by atoms with Crippen molar-refractivity contribution in [1.29, 1.82) is 0 Å². The van der Waals surface area contributed by atoms with E-state index in [4.69, 9.17) is 4.98 Å². The van der Waals surface area contributed by atoms with Crippen LogP contribution in [0.4, 0.5) is 5.69 Å². The largest absolute Gasteiger partial charge is 0.374 e. The van der Waals surface area contributed by atoms with Gasteiger partial charge >= 0.3 is 0 Å². The molecule has 0 fully saturated rings. The Kier molecular flexibility index (Phi) is 5.59. The van der Waals surface area contributed by atoms with Crippen molar-refractivity contribution in [3.05, 3.63) is 73.3 Å². The summed E-state index contributed by atoms with van der Waals surface area (Å²) < 4.78 is 0. The van der Waals surface area contributed by atoms with Crippen molar-refractivity contribution in [2.75, 3.05) is 5.32 Å². The first-order valence-corrected chi connectivity index (χ1v) is 11.8. The molecule has 4 N–H and O–H groups in total. The average Bonchev–Trinajstić information content (AvgIpc) is 3.53. The number of anilines is 1. The molecule has 36 heavy (non-hydrogen) atoms. The van der Waals surface area contributed by atoms with E-state index < -0.39 is 6.23 Å². The molecule has 1 aromatic carbocycles. The summed E-state index contributed by atoms with van der Waals surface area (Å²) >= 11 is 0. The van der Waals surface area contributed by atoms with Crippen LogP contribution >= 0.6 is 0 Å². The fraction of sp³-hybridized carbons (Fsp3) is 0.148. The number of rotatable bonds is 7. The maximum Gasteiger partial charge on any atom is 0.159 e. The fourth-order valence-corrected chi connectivity index (χ4v) is 4.33. The van der Waals surface area contributed by atoms with Gasteiger partial charge in [-0.1, -0.05) is 31.5 Å². The molecular formula is C27H24N8O. The molecule has 1 unspecified atom stereocenters. The van der Waals surface area contributed by atoms with Gasteiger partial charge in [0.1, 0.15) is 11.9 Å². The first kappa shape index (κ1) is 21.9. The second kappa shape index (κ2) is 9.20. The number of pyridine rings is 3. The van der Waals surface area contributed by atoms with Gasteiger partial charge in [0.15, 0.2) is 5.82 Å². The van der Waals surface area contributed by atoms with Gasteiger partial charge in [-0.2, -0.15) is 5.10 Å². The molecule has 5 aromatic heterocycles. The van der Waals surface area contributed by atoms with Crippen molar-refractivity contribution in [3.8, 4) is 34.0 Å². The highest BCUT2D eigenvalue weighted by Crippen LogP contribution is 2.32. The van der Waals surface area contributed by atoms with Crippen LogP contribution in [-0.2, 0) is 0 Å². The van der Waals surface area contributed by atoms with Gasteiger partial charge in [-0.3, -0.25) is 20.1 Å². The molecule has 0 aliphatic heterocycles. The Hall–Kier alpha value is -4.63. The van der Waals surface area contributed by atoms with Gasteiger partial charge in [0.2, 0.25) is 0 Å². The number of nitrogens with one attached hydrogen (secondary N) is 3. The van der Waals surface area contributed by atoms with Crippen molar-refractivity contribution in [3.63, 3.8) is 0 Å². The van der Waals surface area contributed by atoms with Crippen molar-refractivity contribution in [1.82, 2.24) is 35.1 Å². The van der Waals surface area contributed by atoms with E-state index in [2.05, 4.69) is 35.5 Å². The van der Waals surface area contributed by atoms with Crippen molar-refractivity contribution in [2.45, 2.75) is 26.0 Å². The zero-order chi connectivity index (χ0) is 24.5. The topological polar surface area (TPSA) is 128 Å². The number of benzene rings is 1. The summed E-state index contributed by atoms with van der Waals surface area (Å²) in [6.45, 7) is 2.03. The van der Waals surface area contributed by atoms with E-state index in [0.717, 1.165) is 56.6 Å². The van der Waals surface area contributed by atoms with E-state index in [0.29, 0.717) is 17.9 Å². The monoisotopic (exact) mass is 476 g/mol. The number of para-hydroxylation sites is 1. The quantitative estimate of drug-likeness (QED) is 0.234. The van der Waals surface area contributed by atoms with E-state index >= 15 is 0 Å². The van der Waals surface area contributed by atoms with E-state index in [-0.39, 0.29) is 0 Å². The molecule has 0 radical (unpaired) electrons. The van der Waals surface area contributed by atoms with E-state index in [1.165, 1.54) is 0 Å². The number of imidazole rings is 1. The van der Waals surface area contributed by atoms with Crippen molar-refractivity contribution >= 4 is 27.6 Å². The second-order valence-electron chi connectivity index (χ2n) is 8.60. The summed E-state index contributed by atoms with van der Waals surface area (Å²) in [6.07, 6.45) is 7.91. The smallest absolute Gasteiger partial charge is 0.159 e. The molecular weight excluding hydrogens is 452 g/mol. The minimum Gasteiger partial charge on any atom is -0.374 e. The third kappa shape index (κ3) is 4.05. The van der Waals surface area contributed by atoms with Crippen LogP contribution in [0.25, 0.3) is 56.0 Å². The van der Waals surface area contributed by atoms with Gasteiger partial charge in [0.05, 0.1) is 46.0 Å². The normalized spacial score (nSPS) is 12.3. The molecule has 0 amide bonds. The Balaban J connectivity index is 1.40. The highest BCUT2D eigenvalue weighted by atomic mass is 16.3. The second-order valence-corrected chi connectivity index (χ2v) is 8.60. The minimum atomic E-state index is -0.618. The van der Waals surface area contributed by atoms with Crippen LogP contribution in [0.1, 0.15) is 19.8 Å². The van der Waals surface area contributed by atoms with Gasteiger partial charge in [0.25, 0.3) is 0 Å². The molecule has 6 aromatic rings. The Bertz CT molecular complexity index is 1660. The molecule has 6 rings (SSSR count).